The molecule has 21 heavy (non-hydrogen) atoms. The van der Waals surface area contributed by atoms with Gasteiger partial charge in [0.1, 0.15) is 0 Å². The van der Waals surface area contributed by atoms with E-state index in [0.29, 0.717) is 6.04 Å². The number of aromatic nitrogens is 1. The summed E-state index contributed by atoms with van der Waals surface area (Å²) < 4.78 is 0. The lowest BCUT2D eigenvalue weighted by Crippen LogP contribution is -2.29. The van der Waals surface area contributed by atoms with Gasteiger partial charge >= 0.3 is 0 Å². The van der Waals surface area contributed by atoms with Crippen LogP contribution in [0.5, 0.6) is 0 Å². The highest BCUT2D eigenvalue weighted by Crippen LogP contribution is 2.21. The zero-order chi connectivity index (χ0) is 15.1. The van der Waals surface area contributed by atoms with Crippen molar-refractivity contribution in [2.45, 2.75) is 33.2 Å². The molecule has 1 atom stereocenters. The van der Waals surface area contributed by atoms with Crippen molar-refractivity contribution in [2.24, 2.45) is 0 Å². The van der Waals surface area contributed by atoms with Gasteiger partial charge in [0.15, 0.2) is 0 Å². The zero-order valence-corrected chi connectivity index (χ0v) is 13.5. The van der Waals surface area contributed by atoms with Gasteiger partial charge in [0.05, 0.1) is 5.52 Å². The Morgan fingerprint density at radius 1 is 1.14 bits per heavy atom. The van der Waals surface area contributed by atoms with E-state index in [0.717, 1.165) is 38.1 Å². The second kappa shape index (κ2) is 8.11. The van der Waals surface area contributed by atoms with Crippen molar-refractivity contribution in [3.63, 3.8) is 0 Å². The normalized spacial score (nSPS) is 13.0. The van der Waals surface area contributed by atoms with Crippen molar-refractivity contribution in [2.75, 3.05) is 26.2 Å². The maximum Gasteiger partial charge on any atom is 0.0705 e. The summed E-state index contributed by atoms with van der Waals surface area (Å²) in [6.07, 6.45) is 3.00. The number of benzene rings is 1. The molecular weight excluding hydrogens is 258 g/mol. The number of nitrogens with zero attached hydrogens (tertiary/aromatic N) is 2. The first-order valence-corrected chi connectivity index (χ1v) is 8.08. The summed E-state index contributed by atoms with van der Waals surface area (Å²) in [7, 11) is 0. The maximum absolute atomic E-state index is 4.47. The van der Waals surface area contributed by atoms with Crippen LogP contribution in [0.1, 0.15) is 38.8 Å². The van der Waals surface area contributed by atoms with Gasteiger partial charge in [-0.1, -0.05) is 39.0 Å². The number of nitrogens with one attached hydrogen (secondary N) is 1. The first-order chi connectivity index (χ1) is 10.3. The molecule has 0 spiro atoms. The molecule has 0 saturated carbocycles. The molecule has 1 N–H and O–H groups in total. The molecular formula is C18H27N3. The van der Waals surface area contributed by atoms with E-state index < -0.39 is 0 Å². The Morgan fingerprint density at radius 2 is 1.95 bits per heavy atom. The van der Waals surface area contributed by atoms with E-state index >= 15 is 0 Å². The average molecular weight is 285 g/mol. The van der Waals surface area contributed by atoms with E-state index in [2.05, 4.69) is 60.2 Å². The van der Waals surface area contributed by atoms with Gasteiger partial charge in [-0.05, 0) is 50.3 Å². The summed E-state index contributed by atoms with van der Waals surface area (Å²) in [6, 6.07) is 11.2. The molecule has 1 aromatic carbocycles. The Kier molecular flexibility index (Phi) is 6.15. The Hall–Kier alpha value is -1.45. The van der Waals surface area contributed by atoms with E-state index in [1.54, 1.807) is 0 Å². The molecule has 114 valence electrons. The molecule has 3 nitrogen and oxygen atoms in total. The zero-order valence-electron chi connectivity index (χ0n) is 13.5. The highest BCUT2D eigenvalue weighted by atomic mass is 15.1. The molecule has 0 radical (unpaired) electrons. The van der Waals surface area contributed by atoms with Crippen LogP contribution in [0.2, 0.25) is 0 Å². The fraction of sp³-hybridized carbons (Fsp3) is 0.500. The Morgan fingerprint density at radius 3 is 2.67 bits per heavy atom. The third-order valence-corrected chi connectivity index (χ3v) is 4.11. The minimum Gasteiger partial charge on any atom is -0.310 e. The smallest absolute Gasteiger partial charge is 0.0705 e. The third kappa shape index (κ3) is 4.26. The molecule has 0 aliphatic carbocycles. The SMILES string of the molecule is CCNC(CCN(CC)CC)c1ccc2cccnc2c1. The minimum atomic E-state index is 0.405. The molecule has 1 unspecified atom stereocenters. The summed E-state index contributed by atoms with van der Waals surface area (Å²) in [5.74, 6) is 0. The van der Waals surface area contributed by atoms with Crippen LogP contribution in [0.25, 0.3) is 10.9 Å². The average Bonchev–Trinajstić information content (AvgIpc) is 2.54. The van der Waals surface area contributed by atoms with Crippen molar-refractivity contribution in [1.29, 1.82) is 0 Å². The van der Waals surface area contributed by atoms with Crippen LogP contribution in [-0.4, -0.2) is 36.1 Å². The molecule has 2 rings (SSSR count). The van der Waals surface area contributed by atoms with E-state index in [1.807, 2.05) is 12.3 Å². The maximum atomic E-state index is 4.47. The van der Waals surface area contributed by atoms with Crippen LogP contribution in [0.3, 0.4) is 0 Å². The number of hydrogen-bond acceptors (Lipinski definition) is 3. The van der Waals surface area contributed by atoms with Crippen LogP contribution in [0, 0.1) is 0 Å². The fourth-order valence-corrected chi connectivity index (χ4v) is 2.78. The quantitative estimate of drug-likeness (QED) is 0.803. The molecule has 0 fully saturated rings. The number of pyridine rings is 1. The highest BCUT2D eigenvalue weighted by Gasteiger charge is 2.12. The van der Waals surface area contributed by atoms with E-state index in [-0.39, 0.29) is 0 Å². The molecule has 1 aromatic heterocycles. The topological polar surface area (TPSA) is 28.2 Å². The van der Waals surface area contributed by atoms with Crippen LogP contribution < -0.4 is 5.32 Å². The summed E-state index contributed by atoms with van der Waals surface area (Å²) in [4.78, 5) is 6.95. The third-order valence-electron chi connectivity index (χ3n) is 4.11. The first-order valence-electron chi connectivity index (χ1n) is 8.08. The number of rotatable bonds is 8. The Bertz CT molecular complexity index is 549. The lowest BCUT2D eigenvalue weighted by molar-refractivity contribution is 0.282. The predicted octanol–water partition coefficient (Wildman–Crippen LogP) is 3.62. The van der Waals surface area contributed by atoms with Crippen molar-refractivity contribution in [1.82, 2.24) is 15.2 Å². The highest BCUT2D eigenvalue weighted by molar-refractivity contribution is 5.78. The molecule has 1 heterocycles. The monoisotopic (exact) mass is 285 g/mol. The Labute approximate surface area is 128 Å². The summed E-state index contributed by atoms with van der Waals surface area (Å²) in [5.41, 5.74) is 2.43. The van der Waals surface area contributed by atoms with E-state index in [1.165, 1.54) is 10.9 Å². The summed E-state index contributed by atoms with van der Waals surface area (Å²) in [5, 5.41) is 4.82. The van der Waals surface area contributed by atoms with Gasteiger partial charge in [0.25, 0.3) is 0 Å². The van der Waals surface area contributed by atoms with Crippen molar-refractivity contribution in [3.05, 3.63) is 42.1 Å². The van der Waals surface area contributed by atoms with E-state index in [9.17, 15) is 0 Å². The molecule has 0 saturated heterocycles. The first kappa shape index (κ1) is 15.9. The van der Waals surface area contributed by atoms with Gasteiger partial charge in [-0.3, -0.25) is 4.98 Å². The molecule has 0 amide bonds. The van der Waals surface area contributed by atoms with Gasteiger partial charge < -0.3 is 10.2 Å². The van der Waals surface area contributed by atoms with Crippen LogP contribution in [-0.2, 0) is 0 Å². The second-order valence-electron chi connectivity index (χ2n) is 5.38. The van der Waals surface area contributed by atoms with Crippen LogP contribution >= 0.6 is 0 Å². The van der Waals surface area contributed by atoms with Crippen molar-refractivity contribution in [3.8, 4) is 0 Å². The molecule has 0 aliphatic rings. The summed E-state index contributed by atoms with van der Waals surface area (Å²) >= 11 is 0. The standard InChI is InChI=1S/C18H27N3/c1-4-19-17(11-13-21(5-2)6-3)16-10-9-15-8-7-12-20-18(15)14-16/h7-10,12,14,17,19H,4-6,11,13H2,1-3H3. The second-order valence-corrected chi connectivity index (χ2v) is 5.38. The van der Waals surface area contributed by atoms with Gasteiger partial charge in [0.2, 0.25) is 0 Å². The Balaban J connectivity index is 2.15. The van der Waals surface area contributed by atoms with Gasteiger partial charge in [-0.15, -0.1) is 0 Å². The largest absolute Gasteiger partial charge is 0.310 e. The lowest BCUT2D eigenvalue weighted by atomic mass is 10.0. The molecule has 0 bridgehead atoms. The van der Waals surface area contributed by atoms with Crippen LogP contribution in [0.4, 0.5) is 0 Å². The van der Waals surface area contributed by atoms with Crippen molar-refractivity contribution < 1.29 is 0 Å². The van der Waals surface area contributed by atoms with Crippen LogP contribution in [0.15, 0.2) is 36.5 Å². The van der Waals surface area contributed by atoms with Crippen molar-refractivity contribution >= 4 is 10.9 Å². The lowest BCUT2D eigenvalue weighted by Gasteiger charge is -2.24. The predicted molar refractivity (Wildman–Crippen MR) is 90.6 cm³/mol. The number of fused-ring (bicyclic) bond motifs is 1. The van der Waals surface area contributed by atoms with Gasteiger partial charge in [0, 0.05) is 17.6 Å². The number of hydrogen-bond donors (Lipinski definition) is 1. The van der Waals surface area contributed by atoms with E-state index in [4.69, 9.17) is 0 Å². The molecule has 0 aliphatic heterocycles. The molecule has 2 aromatic rings. The van der Waals surface area contributed by atoms with Gasteiger partial charge in [-0.2, -0.15) is 0 Å². The minimum absolute atomic E-state index is 0.405. The molecule has 3 heteroatoms. The summed E-state index contributed by atoms with van der Waals surface area (Å²) in [6.45, 7) is 11.0. The van der Waals surface area contributed by atoms with Gasteiger partial charge in [-0.25, -0.2) is 0 Å². The fourth-order valence-electron chi connectivity index (χ4n) is 2.78.